The van der Waals surface area contributed by atoms with Crippen LogP contribution in [0.25, 0.3) is 11.2 Å². The summed E-state index contributed by atoms with van der Waals surface area (Å²) in [5.74, 6) is 3.17. The van der Waals surface area contributed by atoms with Gasteiger partial charge in [0.2, 0.25) is 0 Å². The number of aryl methyl sites for hydroxylation is 5. The van der Waals surface area contributed by atoms with Crippen molar-refractivity contribution in [3.8, 4) is 12.3 Å². The zero-order valence-corrected chi connectivity index (χ0v) is 23.1. The molecule has 1 aromatic carbocycles. The number of fused-ring (bicyclic) bond motifs is 1. The van der Waals surface area contributed by atoms with Gasteiger partial charge in [-0.1, -0.05) is 30.2 Å². The van der Waals surface area contributed by atoms with Crippen LogP contribution in [-0.4, -0.2) is 38.1 Å². The van der Waals surface area contributed by atoms with Gasteiger partial charge < -0.3 is 13.6 Å². The Morgan fingerprint density at radius 3 is 2.32 bits per heavy atom. The number of rotatable bonds is 14. The minimum Gasteiger partial charge on any atom is -0.322 e. The van der Waals surface area contributed by atoms with Crippen LogP contribution in [0.2, 0.25) is 0 Å². The van der Waals surface area contributed by atoms with Gasteiger partial charge in [0, 0.05) is 19.5 Å². The molecular weight excluding hydrogens is 491 g/mol. The maximum Gasteiger partial charge on any atom is 0.333 e. The Labute approximate surface area is 218 Å². The third kappa shape index (κ3) is 6.51. The van der Waals surface area contributed by atoms with E-state index in [0.29, 0.717) is 56.7 Å². The number of aromatic nitrogens is 4. The van der Waals surface area contributed by atoms with Crippen molar-refractivity contribution in [2.24, 2.45) is 0 Å². The van der Waals surface area contributed by atoms with Crippen molar-refractivity contribution in [3.05, 3.63) is 62.1 Å². The number of benzene rings is 1. The monoisotopic (exact) mass is 528 g/mol. The molecule has 3 aromatic rings. The highest BCUT2D eigenvalue weighted by Crippen LogP contribution is 2.48. The van der Waals surface area contributed by atoms with Gasteiger partial charge in [-0.25, -0.2) is 14.3 Å². The molecule has 0 saturated heterocycles. The predicted octanol–water partition coefficient (Wildman–Crippen LogP) is 4.15. The van der Waals surface area contributed by atoms with Crippen molar-refractivity contribution in [2.45, 2.75) is 73.0 Å². The number of imidazole rings is 1. The van der Waals surface area contributed by atoms with E-state index < -0.39 is 18.8 Å². The minimum atomic E-state index is -3.17. The normalized spacial score (nSPS) is 11.8. The molecule has 9 nitrogen and oxygen atoms in total. The molecule has 0 unspecified atom stereocenters. The van der Waals surface area contributed by atoms with Gasteiger partial charge >= 0.3 is 13.3 Å². The summed E-state index contributed by atoms with van der Waals surface area (Å²) in [5.41, 5.74) is 2.25. The van der Waals surface area contributed by atoms with E-state index in [9.17, 15) is 14.2 Å². The second-order valence-corrected chi connectivity index (χ2v) is 11.0. The zero-order valence-electron chi connectivity index (χ0n) is 22.2. The Morgan fingerprint density at radius 2 is 1.70 bits per heavy atom. The molecule has 2 aromatic heterocycles. The smallest absolute Gasteiger partial charge is 0.322 e. The molecule has 0 atom stereocenters. The van der Waals surface area contributed by atoms with Gasteiger partial charge in [0.25, 0.3) is 5.56 Å². The SMILES string of the molecule is C#CCn1c(=O)c2c(nc(CCc3ccccc3C)n2CC)n(CCCCP(=O)(OCC)OCC)c1=O. The summed E-state index contributed by atoms with van der Waals surface area (Å²) in [6.07, 6.45) is 8.18. The Balaban J connectivity index is 1.97. The molecule has 0 N–H and O–H groups in total. The van der Waals surface area contributed by atoms with Crippen molar-refractivity contribution >= 4 is 18.8 Å². The summed E-state index contributed by atoms with van der Waals surface area (Å²) in [6.45, 7) is 8.90. The predicted molar refractivity (Wildman–Crippen MR) is 146 cm³/mol. The molecule has 0 spiro atoms. The van der Waals surface area contributed by atoms with E-state index in [1.54, 1.807) is 13.8 Å². The van der Waals surface area contributed by atoms with Crippen LogP contribution in [0, 0.1) is 19.3 Å². The topological polar surface area (TPSA) is 97.3 Å². The van der Waals surface area contributed by atoms with Crippen LogP contribution in [-0.2, 0) is 46.1 Å². The molecule has 0 aliphatic rings. The first-order valence-corrected chi connectivity index (χ1v) is 14.6. The summed E-state index contributed by atoms with van der Waals surface area (Å²) in [5, 5.41) is 0. The summed E-state index contributed by atoms with van der Waals surface area (Å²) in [7, 11) is -3.17. The second-order valence-electron chi connectivity index (χ2n) is 8.78. The molecule has 0 bridgehead atoms. The zero-order chi connectivity index (χ0) is 27.0. The van der Waals surface area contributed by atoms with E-state index in [0.717, 1.165) is 16.8 Å². The van der Waals surface area contributed by atoms with E-state index in [1.165, 1.54) is 15.7 Å². The third-order valence-electron chi connectivity index (χ3n) is 6.35. The average Bonchev–Trinajstić information content (AvgIpc) is 3.24. The summed E-state index contributed by atoms with van der Waals surface area (Å²) < 4.78 is 28.0. The molecule has 10 heteroatoms. The molecule has 0 saturated carbocycles. The first-order chi connectivity index (χ1) is 17.8. The lowest BCUT2D eigenvalue weighted by Crippen LogP contribution is -2.40. The van der Waals surface area contributed by atoms with Gasteiger partial charge in [-0.15, -0.1) is 6.42 Å². The lowest BCUT2D eigenvalue weighted by Gasteiger charge is -2.17. The van der Waals surface area contributed by atoms with Gasteiger partial charge in [-0.05, 0) is 58.1 Å². The quantitative estimate of drug-likeness (QED) is 0.177. The van der Waals surface area contributed by atoms with Crippen LogP contribution in [0.4, 0.5) is 0 Å². The number of nitrogens with zero attached hydrogens (tertiary/aromatic N) is 4. The van der Waals surface area contributed by atoms with Gasteiger partial charge in [-0.3, -0.25) is 13.9 Å². The Bertz CT molecular complexity index is 1420. The van der Waals surface area contributed by atoms with E-state index in [4.69, 9.17) is 20.5 Å². The Morgan fingerprint density at radius 1 is 1.00 bits per heavy atom. The summed E-state index contributed by atoms with van der Waals surface area (Å²) in [4.78, 5) is 31.4. The van der Waals surface area contributed by atoms with E-state index in [1.807, 2.05) is 23.6 Å². The number of hydrogen-bond acceptors (Lipinski definition) is 6. The van der Waals surface area contributed by atoms with Crippen molar-refractivity contribution in [1.82, 2.24) is 18.7 Å². The molecule has 2 heterocycles. The molecule has 37 heavy (non-hydrogen) atoms. The van der Waals surface area contributed by atoms with Gasteiger partial charge in [0.15, 0.2) is 11.2 Å². The second kappa shape index (κ2) is 13.0. The van der Waals surface area contributed by atoms with Gasteiger partial charge in [-0.2, -0.15) is 0 Å². The Hall–Kier alpha value is -2.92. The average molecular weight is 529 g/mol. The molecule has 3 rings (SSSR count). The Kier molecular flexibility index (Phi) is 10.1. The standard InChI is InChI=1S/C27H37N4O5P/c1-6-18-31-26(32)24-25(28-23(29(24)7-2)17-16-22-15-11-10-14-21(22)5)30(27(31)33)19-12-13-20-37(34,35-8-3)36-9-4/h1,10-11,14-15H,7-9,12-13,16-20H2,2-5H3. The fourth-order valence-electron chi connectivity index (χ4n) is 4.57. The van der Waals surface area contributed by atoms with E-state index in [2.05, 4.69) is 25.0 Å². The van der Waals surface area contributed by atoms with Crippen molar-refractivity contribution < 1.29 is 13.6 Å². The minimum absolute atomic E-state index is 0.120. The van der Waals surface area contributed by atoms with E-state index in [-0.39, 0.29) is 12.7 Å². The van der Waals surface area contributed by atoms with Crippen LogP contribution in [0.5, 0.6) is 0 Å². The number of unbranched alkanes of at least 4 members (excludes halogenated alkanes) is 1. The first-order valence-electron chi connectivity index (χ1n) is 12.9. The first kappa shape index (κ1) is 28.6. The van der Waals surface area contributed by atoms with Gasteiger partial charge in [0.05, 0.1) is 25.9 Å². The highest BCUT2D eigenvalue weighted by atomic mass is 31.2. The fraction of sp³-hybridized carbons (Fsp3) is 0.519. The highest BCUT2D eigenvalue weighted by Gasteiger charge is 2.24. The summed E-state index contributed by atoms with van der Waals surface area (Å²) >= 11 is 0. The molecule has 0 radical (unpaired) electrons. The molecule has 0 amide bonds. The molecule has 0 aliphatic carbocycles. The number of hydrogen-bond donors (Lipinski definition) is 0. The maximum atomic E-state index is 13.3. The van der Waals surface area contributed by atoms with Crippen LogP contribution in [0.1, 0.15) is 50.6 Å². The van der Waals surface area contributed by atoms with Crippen LogP contribution in [0.15, 0.2) is 33.9 Å². The number of terminal acetylenes is 1. The lowest BCUT2D eigenvalue weighted by molar-refractivity contribution is 0.219. The highest BCUT2D eigenvalue weighted by molar-refractivity contribution is 7.53. The van der Waals surface area contributed by atoms with Gasteiger partial charge in [0.1, 0.15) is 5.82 Å². The van der Waals surface area contributed by atoms with Crippen LogP contribution >= 0.6 is 7.60 Å². The molecule has 0 fully saturated rings. The molecular formula is C27H37N4O5P. The van der Waals surface area contributed by atoms with Crippen molar-refractivity contribution in [3.63, 3.8) is 0 Å². The van der Waals surface area contributed by atoms with E-state index >= 15 is 0 Å². The molecule has 200 valence electrons. The van der Waals surface area contributed by atoms with Crippen LogP contribution in [0.3, 0.4) is 0 Å². The fourth-order valence-corrected chi connectivity index (χ4v) is 6.30. The summed E-state index contributed by atoms with van der Waals surface area (Å²) in [6, 6.07) is 8.18. The van der Waals surface area contributed by atoms with Crippen LogP contribution < -0.4 is 11.2 Å². The largest absolute Gasteiger partial charge is 0.333 e. The maximum absolute atomic E-state index is 13.3. The van der Waals surface area contributed by atoms with Crippen molar-refractivity contribution in [1.29, 1.82) is 0 Å². The van der Waals surface area contributed by atoms with Crippen molar-refractivity contribution in [2.75, 3.05) is 19.4 Å². The third-order valence-corrected chi connectivity index (χ3v) is 8.52. The molecule has 0 aliphatic heterocycles. The lowest BCUT2D eigenvalue weighted by atomic mass is 10.0.